The highest BCUT2D eigenvalue weighted by atomic mass is 15.2. The van der Waals surface area contributed by atoms with Gasteiger partial charge in [0.1, 0.15) is 5.82 Å². The molecule has 58 valence electrons. The van der Waals surface area contributed by atoms with E-state index in [1.165, 1.54) is 0 Å². The maximum absolute atomic E-state index is 8.64. The summed E-state index contributed by atoms with van der Waals surface area (Å²) in [5.41, 5.74) is 6.83. The van der Waals surface area contributed by atoms with Crippen molar-refractivity contribution < 1.29 is 0 Å². The molecular formula is C7H5N5. The first-order chi connectivity index (χ1) is 5.81. The molecule has 2 rings (SSSR count). The molecular weight excluding hydrogens is 154 g/mol. The highest BCUT2D eigenvalue weighted by Gasteiger charge is 2.20. The summed E-state index contributed by atoms with van der Waals surface area (Å²) >= 11 is 0. The first-order valence-corrected chi connectivity index (χ1v) is 3.39. The molecule has 0 atom stereocenters. The van der Waals surface area contributed by atoms with E-state index in [0.29, 0.717) is 17.8 Å². The molecule has 0 spiro atoms. The molecule has 2 N–H and O–H groups in total. The minimum absolute atomic E-state index is 0.255. The van der Waals surface area contributed by atoms with Gasteiger partial charge in [-0.15, -0.1) is 5.11 Å². The van der Waals surface area contributed by atoms with Crippen LogP contribution in [0.15, 0.2) is 38.4 Å². The second-order valence-electron chi connectivity index (χ2n) is 2.46. The maximum atomic E-state index is 8.64. The molecule has 0 saturated carbocycles. The number of hydrogen-bond donors (Lipinski definition) is 1. The van der Waals surface area contributed by atoms with E-state index in [2.05, 4.69) is 15.2 Å². The zero-order chi connectivity index (χ0) is 8.55. The minimum Gasteiger partial charge on any atom is -0.383 e. The standard InChI is InChI=1S/C7H5N5/c8-2-4-1-5-3-10-12-7(5)11-6(4)9/h3H,1,9H2. The lowest BCUT2D eigenvalue weighted by atomic mass is 10.0. The summed E-state index contributed by atoms with van der Waals surface area (Å²) in [5.74, 6) is 0.789. The number of nitrogens with zero attached hydrogens (tertiary/aromatic N) is 4. The summed E-state index contributed by atoms with van der Waals surface area (Å²) in [6, 6.07) is 1.99. The second kappa shape index (κ2) is 2.27. The zero-order valence-corrected chi connectivity index (χ0v) is 6.15. The number of hydrogen-bond acceptors (Lipinski definition) is 5. The number of azo groups is 1. The summed E-state index contributed by atoms with van der Waals surface area (Å²) in [6.45, 7) is 0. The van der Waals surface area contributed by atoms with Crippen LogP contribution < -0.4 is 5.73 Å². The fourth-order valence-corrected chi connectivity index (χ4v) is 1.05. The van der Waals surface area contributed by atoms with Crippen molar-refractivity contribution in [3.63, 3.8) is 0 Å². The lowest BCUT2D eigenvalue weighted by molar-refractivity contribution is 1.07. The van der Waals surface area contributed by atoms with Crippen LogP contribution in [0, 0.1) is 11.3 Å². The number of allylic oxidation sites excluding steroid dienone is 1. The molecule has 0 bridgehead atoms. The number of amidine groups is 1. The summed E-state index contributed by atoms with van der Waals surface area (Å²) < 4.78 is 0. The Morgan fingerprint density at radius 2 is 2.42 bits per heavy atom. The van der Waals surface area contributed by atoms with Gasteiger partial charge in [-0.25, -0.2) is 4.99 Å². The molecule has 2 aliphatic heterocycles. The van der Waals surface area contributed by atoms with E-state index in [0.717, 1.165) is 5.57 Å². The van der Waals surface area contributed by atoms with Gasteiger partial charge in [0.15, 0.2) is 5.84 Å². The number of nitriles is 1. The van der Waals surface area contributed by atoms with Crippen molar-refractivity contribution in [3.8, 4) is 6.07 Å². The van der Waals surface area contributed by atoms with Crippen molar-refractivity contribution in [3.05, 3.63) is 23.2 Å². The van der Waals surface area contributed by atoms with Crippen LogP contribution in [0.3, 0.4) is 0 Å². The van der Waals surface area contributed by atoms with Gasteiger partial charge in [0, 0.05) is 12.0 Å². The third kappa shape index (κ3) is 0.820. The first kappa shape index (κ1) is 6.73. The van der Waals surface area contributed by atoms with Crippen LogP contribution in [-0.4, -0.2) is 5.84 Å². The summed E-state index contributed by atoms with van der Waals surface area (Å²) in [6.07, 6.45) is 2.09. The molecule has 0 radical (unpaired) electrons. The molecule has 0 unspecified atom stereocenters. The third-order valence-electron chi connectivity index (χ3n) is 1.69. The minimum atomic E-state index is 0.255. The fourth-order valence-electron chi connectivity index (χ4n) is 1.05. The van der Waals surface area contributed by atoms with E-state index in [1.54, 1.807) is 6.20 Å². The van der Waals surface area contributed by atoms with Crippen molar-refractivity contribution in [1.82, 2.24) is 0 Å². The van der Waals surface area contributed by atoms with E-state index in [9.17, 15) is 0 Å². The van der Waals surface area contributed by atoms with Gasteiger partial charge in [-0.1, -0.05) is 0 Å². The van der Waals surface area contributed by atoms with E-state index < -0.39 is 0 Å². The van der Waals surface area contributed by atoms with Gasteiger partial charge in [-0.3, -0.25) is 0 Å². The molecule has 2 heterocycles. The number of aliphatic imine (C=N–C) groups is 1. The van der Waals surface area contributed by atoms with Crippen LogP contribution in [0.5, 0.6) is 0 Å². The molecule has 0 amide bonds. The summed E-state index contributed by atoms with van der Waals surface area (Å²) in [5, 5.41) is 16.0. The van der Waals surface area contributed by atoms with Crippen LogP contribution in [0.25, 0.3) is 0 Å². The van der Waals surface area contributed by atoms with Gasteiger partial charge in [-0.05, 0) is 0 Å². The first-order valence-electron chi connectivity index (χ1n) is 3.39. The van der Waals surface area contributed by atoms with Gasteiger partial charge in [-0.2, -0.15) is 10.4 Å². The summed E-state index contributed by atoms with van der Waals surface area (Å²) in [7, 11) is 0. The Bertz CT molecular complexity index is 391. The molecule has 5 nitrogen and oxygen atoms in total. The van der Waals surface area contributed by atoms with E-state index >= 15 is 0 Å². The van der Waals surface area contributed by atoms with Gasteiger partial charge < -0.3 is 5.73 Å². The van der Waals surface area contributed by atoms with Crippen LogP contribution in [0.2, 0.25) is 0 Å². The Kier molecular flexibility index (Phi) is 1.27. The van der Waals surface area contributed by atoms with Crippen molar-refractivity contribution in [1.29, 1.82) is 5.26 Å². The fraction of sp³-hybridized carbons (Fsp3) is 0.143. The topological polar surface area (TPSA) is 86.9 Å². The van der Waals surface area contributed by atoms with Crippen LogP contribution in [-0.2, 0) is 0 Å². The normalized spacial score (nSPS) is 19.9. The van der Waals surface area contributed by atoms with E-state index in [1.807, 2.05) is 6.07 Å². The van der Waals surface area contributed by atoms with E-state index in [4.69, 9.17) is 11.0 Å². The quantitative estimate of drug-likeness (QED) is 0.567. The van der Waals surface area contributed by atoms with Crippen molar-refractivity contribution in [2.75, 3.05) is 0 Å². The van der Waals surface area contributed by atoms with E-state index in [-0.39, 0.29) is 5.82 Å². The third-order valence-corrected chi connectivity index (χ3v) is 1.69. The molecule has 0 aromatic rings. The van der Waals surface area contributed by atoms with Gasteiger partial charge in [0.05, 0.1) is 17.8 Å². The average molecular weight is 159 g/mol. The SMILES string of the molecule is N#CC1=C(N)N=C2N=NC=C2C1. The Labute approximate surface area is 68.6 Å². The lowest BCUT2D eigenvalue weighted by Crippen LogP contribution is -2.10. The molecule has 0 aromatic heterocycles. The number of rotatable bonds is 0. The largest absolute Gasteiger partial charge is 0.383 e. The maximum Gasteiger partial charge on any atom is 0.181 e. The second-order valence-corrected chi connectivity index (χ2v) is 2.46. The molecule has 0 fully saturated rings. The van der Waals surface area contributed by atoms with Crippen molar-refractivity contribution in [2.45, 2.75) is 6.42 Å². The molecule has 2 aliphatic rings. The molecule has 12 heavy (non-hydrogen) atoms. The molecule has 0 saturated heterocycles. The molecule has 0 aliphatic carbocycles. The highest BCUT2D eigenvalue weighted by Crippen LogP contribution is 2.24. The predicted octanol–water partition coefficient (Wildman–Crippen LogP) is 0.832. The number of nitrogens with two attached hydrogens (primary N) is 1. The smallest absolute Gasteiger partial charge is 0.181 e. The zero-order valence-electron chi connectivity index (χ0n) is 6.15. The van der Waals surface area contributed by atoms with Crippen LogP contribution >= 0.6 is 0 Å². The predicted molar refractivity (Wildman–Crippen MR) is 41.8 cm³/mol. The van der Waals surface area contributed by atoms with Crippen LogP contribution in [0.4, 0.5) is 0 Å². The highest BCUT2D eigenvalue weighted by molar-refractivity contribution is 6.02. The molecule has 5 heteroatoms. The van der Waals surface area contributed by atoms with Crippen molar-refractivity contribution >= 4 is 5.84 Å². The lowest BCUT2D eigenvalue weighted by Gasteiger charge is -2.08. The van der Waals surface area contributed by atoms with Crippen LogP contribution in [0.1, 0.15) is 6.42 Å². The Balaban J connectivity index is 2.47. The number of fused-ring (bicyclic) bond motifs is 1. The molecule has 0 aromatic carbocycles. The Morgan fingerprint density at radius 1 is 1.58 bits per heavy atom. The van der Waals surface area contributed by atoms with Crippen molar-refractivity contribution in [2.24, 2.45) is 21.0 Å². The average Bonchev–Trinajstić information content (AvgIpc) is 2.49. The Hall–Kier alpha value is -1.96. The summed E-state index contributed by atoms with van der Waals surface area (Å²) in [4.78, 5) is 3.92. The monoisotopic (exact) mass is 159 g/mol. The Morgan fingerprint density at radius 3 is 3.17 bits per heavy atom. The van der Waals surface area contributed by atoms with Gasteiger partial charge >= 0.3 is 0 Å². The van der Waals surface area contributed by atoms with Gasteiger partial charge in [0.2, 0.25) is 0 Å². The van der Waals surface area contributed by atoms with Gasteiger partial charge in [0.25, 0.3) is 0 Å².